The van der Waals surface area contributed by atoms with E-state index in [0.717, 1.165) is 4.90 Å². The molecule has 0 radical (unpaired) electrons. The number of urea groups is 1. The average molecular weight is 334 g/mol. The van der Waals surface area contributed by atoms with E-state index in [1.54, 1.807) is 59.1 Å². The summed E-state index contributed by atoms with van der Waals surface area (Å²) in [4.78, 5) is 37.7. The lowest BCUT2D eigenvalue weighted by Crippen LogP contribution is -2.42. The van der Waals surface area contributed by atoms with Gasteiger partial charge in [0.1, 0.15) is 23.4 Å². The largest absolute Gasteiger partial charge is 0.497 e. The fourth-order valence-corrected chi connectivity index (χ4v) is 2.46. The maximum atomic E-state index is 12.7. The molecule has 0 aliphatic carbocycles. The van der Waals surface area contributed by atoms with Crippen LogP contribution in [0.3, 0.4) is 0 Å². The topological polar surface area (TPSA) is 84.9 Å². The highest BCUT2D eigenvalue weighted by Gasteiger charge is 2.49. The monoisotopic (exact) mass is 334 g/mol. The molecule has 0 bridgehead atoms. The highest BCUT2D eigenvalue weighted by Crippen LogP contribution is 2.30. The fraction of sp³-hybridized carbons (Fsp3) is 0.471. The van der Waals surface area contributed by atoms with Crippen LogP contribution in [-0.4, -0.2) is 42.1 Å². The Morgan fingerprint density at radius 2 is 1.79 bits per heavy atom. The second-order valence-electron chi connectivity index (χ2n) is 6.76. The van der Waals surface area contributed by atoms with Gasteiger partial charge in [0.2, 0.25) is 0 Å². The van der Waals surface area contributed by atoms with Crippen molar-refractivity contribution in [2.24, 2.45) is 0 Å². The van der Waals surface area contributed by atoms with E-state index in [0.29, 0.717) is 11.3 Å². The number of nitrogens with one attached hydrogen (secondary N) is 1. The smallest absolute Gasteiger partial charge is 0.326 e. The van der Waals surface area contributed by atoms with Crippen molar-refractivity contribution in [3.63, 3.8) is 0 Å². The number of hydrogen-bond donors (Lipinski definition) is 1. The van der Waals surface area contributed by atoms with E-state index in [1.807, 2.05) is 0 Å². The van der Waals surface area contributed by atoms with Crippen LogP contribution in [0.5, 0.6) is 5.75 Å². The summed E-state index contributed by atoms with van der Waals surface area (Å²) in [6.45, 7) is 6.34. The third kappa shape index (κ3) is 3.50. The second kappa shape index (κ2) is 6.14. The first-order chi connectivity index (χ1) is 11.1. The van der Waals surface area contributed by atoms with E-state index in [-0.39, 0.29) is 0 Å². The van der Waals surface area contributed by atoms with E-state index < -0.39 is 35.6 Å². The second-order valence-corrected chi connectivity index (χ2v) is 6.76. The predicted molar refractivity (Wildman–Crippen MR) is 86.4 cm³/mol. The maximum absolute atomic E-state index is 12.7. The van der Waals surface area contributed by atoms with Crippen LogP contribution < -0.4 is 10.1 Å². The number of methoxy groups -OCH3 is 1. The van der Waals surface area contributed by atoms with Gasteiger partial charge in [0, 0.05) is 0 Å². The van der Waals surface area contributed by atoms with Crippen molar-refractivity contribution in [3.05, 3.63) is 29.8 Å². The maximum Gasteiger partial charge on any atom is 0.326 e. The Morgan fingerprint density at radius 1 is 1.21 bits per heavy atom. The first kappa shape index (κ1) is 17.8. The lowest BCUT2D eigenvalue weighted by Gasteiger charge is -2.23. The van der Waals surface area contributed by atoms with E-state index >= 15 is 0 Å². The normalized spacial score (nSPS) is 20.8. The summed E-state index contributed by atoms with van der Waals surface area (Å²) in [5.41, 5.74) is -1.31. The van der Waals surface area contributed by atoms with Crippen LogP contribution in [0, 0.1) is 0 Å². The molecular formula is C17H22N2O5. The molecule has 24 heavy (non-hydrogen) atoms. The summed E-state index contributed by atoms with van der Waals surface area (Å²) in [7, 11) is 1.54. The number of ether oxygens (including phenoxy) is 2. The van der Waals surface area contributed by atoms with Crippen LogP contribution in [0.25, 0.3) is 0 Å². The highest BCUT2D eigenvalue weighted by molar-refractivity contribution is 6.08. The Kier molecular flexibility index (Phi) is 4.55. The molecule has 1 atom stereocenters. The first-order valence-corrected chi connectivity index (χ1v) is 7.57. The van der Waals surface area contributed by atoms with Gasteiger partial charge in [-0.05, 0) is 45.4 Å². The van der Waals surface area contributed by atoms with Gasteiger partial charge in [0.15, 0.2) is 0 Å². The number of imide groups is 1. The molecule has 1 saturated heterocycles. The zero-order chi connectivity index (χ0) is 18.1. The number of rotatable bonds is 4. The first-order valence-electron chi connectivity index (χ1n) is 7.57. The SMILES string of the molecule is COc1ccc([C@@]2(C)NC(=O)N(CC(=O)OC(C)(C)C)C2=O)cc1. The Balaban J connectivity index is 2.19. The number of nitrogens with zero attached hydrogens (tertiary/aromatic N) is 1. The Labute approximate surface area is 140 Å². The van der Waals surface area contributed by atoms with Crippen LogP contribution in [0.4, 0.5) is 4.79 Å². The molecule has 0 unspecified atom stereocenters. The summed E-state index contributed by atoms with van der Waals surface area (Å²) in [5, 5.41) is 2.64. The minimum Gasteiger partial charge on any atom is -0.497 e. The van der Waals surface area contributed by atoms with Crippen molar-refractivity contribution < 1.29 is 23.9 Å². The molecule has 0 saturated carbocycles. The summed E-state index contributed by atoms with van der Waals surface area (Å²) in [6.07, 6.45) is 0. The quantitative estimate of drug-likeness (QED) is 0.670. The van der Waals surface area contributed by atoms with E-state index in [2.05, 4.69) is 5.32 Å². The standard InChI is InChI=1S/C17H22N2O5/c1-16(2,3)24-13(20)10-19-14(21)17(4,18-15(19)22)11-6-8-12(23-5)9-7-11/h6-9H,10H2,1-5H3,(H,18,22)/t17-/m1/s1. The van der Waals surface area contributed by atoms with Crippen molar-refractivity contribution in [1.82, 2.24) is 10.2 Å². The fourth-order valence-electron chi connectivity index (χ4n) is 2.46. The van der Waals surface area contributed by atoms with E-state index in [9.17, 15) is 14.4 Å². The molecular weight excluding hydrogens is 312 g/mol. The Hall–Kier alpha value is -2.57. The Morgan fingerprint density at radius 3 is 2.29 bits per heavy atom. The summed E-state index contributed by atoms with van der Waals surface area (Å²) < 4.78 is 10.3. The molecule has 0 aromatic heterocycles. The van der Waals surface area contributed by atoms with Crippen LogP contribution in [0.2, 0.25) is 0 Å². The minimum absolute atomic E-state index is 0.423. The van der Waals surface area contributed by atoms with Crippen LogP contribution >= 0.6 is 0 Å². The average Bonchev–Trinajstić information content (AvgIpc) is 2.70. The summed E-state index contributed by atoms with van der Waals surface area (Å²) in [6, 6.07) is 6.19. The zero-order valence-corrected chi connectivity index (χ0v) is 14.5. The molecule has 1 fully saturated rings. The number of hydrogen-bond acceptors (Lipinski definition) is 5. The molecule has 1 aromatic rings. The van der Waals surface area contributed by atoms with Gasteiger partial charge in [-0.3, -0.25) is 14.5 Å². The van der Waals surface area contributed by atoms with Crippen molar-refractivity contribution in [2.75, 3.05) is 13.7 Å². The number of esters is 1. The van der Waals surface area contributed by atoms with Gasteiger partial charge < -0.3 is 14.8 Å². The molecule has 1 aliphatic heterocycles. The Bertz CT molecular complexity index is 663. The minimum atomic E-state index is -1.23. The van der Waals surface area contributed by atoms with Crippen LogP contribution in [-0.2, 0) is 19.9 Å². The lowest BCUT2D eigenvalue weighted by molar-refractivity contribution is -0.157. The number of benzene rings is 1. The van der Waals surface area contributed by atoms with Gasteiger partial charge in [-0.2, -0.15) is 0 Å². The lowest BCUT2D eigenvalue weighted by atomic mass is 9.92. The molecule has 130 valence electrons. The van der Waals surface area contributed by atoms with Gasteiger partial charge in [-0.25, -0.2) is 4.79 Å². The zero-order valence-electron chi connectivity index (χ0n) is 14.5. The summed E-state index contributed by atoms with van der Waals surface area (Å²) >= 11 is 0. The highest BCUT2D eigenvalue weighted by atomic mass is 16.6. The molecule has 7 heteroatoms. The third-order valence-corrected chi connectivity index (χ3v) is 3.65. The van der Waals surface area contributed by atoms with E-state index in [1.165, 1.54) is 0 Å². The molecule has 1 aromatic carbocycles. The molecule has 1 aliphatic rings. The molecule has 1 heterocycles. The van der Waals surface area contributed by atoms with Gasteiger partial charge in [0.05, 0.1) is 7.11 Å². The molecule has 7 nitrogen and oxygen atoms in total. The van der Waals surface area contributed by atoms with Crippen molar-refractivity contribution in [1.29, 1.82) is 0 Å². The van der Waals surface area contributed by atoms with Gasteiger partial charge >= 0.3 is 12.0 Å². The van der Waals surface area contributed by atoms with Gasteiger partial charge in [-0.1, -0.05) is 12.1 Å². The molecule has 3 amide bonds. The molecule has 2 rings (SSSR count). The molecule has 1 N–H and O–H groups in total. The van der Waals surface area contributed by atoms with Crippen LogP contribution in [0.1, 0.15) is 33.3 Å². The number of carbonyl (C=O) groups is 3. The van der Waals surface area contributed by atoms with Crippen molar-refractivity contribution >= 4 is 17.9 Å². The third-order valence-electron chi connectivity index (χ3n) is 3.65. The van der Waals surface area contributed by atoms with E-state index in [4.69, 9.17) is 9.47 Å². The van der Waals surface area contributed by atoms with Crippen LogP contribution in [0.15, 0.2) is 24.3 Å². The predicted octanol–water partition coefficient (Wildman–Crippen LogP) is 1.80. The van der Waals surface area contributed by atoms with Gasteiger partial charge in [0.25, 0.3) is 5.91 Å². The summed E-state index contributed by atoms with van der Waals surface area (Å²) in [5.74, 6) is -0.488. The van der Waals surface area contributed by atoms with Crippen molar-refractivity contribution in [2.45, 2.75) is 38.8 Å². The molecule has 0 spiro atoms. The number of amides is 3. The number of carbonyl (C=O) groups excluding carboxylic acids is 3. The van der Waals surface area contributed by atoms with Gasteiger partial charge in [-0.15, -0.1) is 0 Å². The van der Waals surface area contributed by atoms with Crippen molar-refractivity contribution in [3.8, 4) is 5.75 Å².